The van der Waals surface area contributed by atoms with Crippen molar-refractivity contribution in [2.24, 2.45) is 0 Å². The lowest BCUT2D eigenvalue weighted by Gasteiger charge is -2.36. The molecule has 8 heteroatoms. The van der Waals surface area contributed by atoms with Crippen molar-refractivity contribution in [3.63, 3.8) is 0 Å². The molecule has 1 spiro atoms. The van der Waals surface area contributed by atoms with Crippen molar-refractivity contribution in [2.45, 2.75) is 17.7 Å². The van der Waals surface area contributed by atoms with Gasteiger partial charge in [-0.05, 0) is 59.2 Å². The first-order chi connectivity index (χ1) is 16.4. The van der Waals surface area contributed by atoms with E-state index in [-0.39, 0.29) is 12.2 Å². The number of benzene rings is 3. The van der Waals surface area contributed by atoms with Gasteiger partial charge < -0.3 is 9.84 Å². The van der Waals surface area contributed by atoms with Crippen LogP contribution in [0.5, 0.6) is 5.75 Å². The fourth-order valence-corrected chi connectivity index (χ4v) is 6.24. The van der Waals surface area contributed by atoms with Crippen molar-refractivity contribution >= 4 is 52.3 Å². The first-order valence-electron chi connectivity index (χ1n) is 10.5. The minimum atomic E-state index is -1.48. The molecule has 2 aliphatic rings. The van der Waals surface area contributed by atoms with Gasteiger partial charge in [0.15, 0.2) is 17.1 Å². The van der Waals surface area contributed by atoms with E-state index in [1.165, 1.54) is 16.7 Å². The molecule has 0 bridgehead atoms. The number of aliphatic hydroxyl groups is 1. The summed E-state index contributed by atoms with van der Waals surface area (Å²) in [5, 5.41) is 12.0. The predicted molar refractivity (Wildman–Crippen MR) is 135 cm³/mol. The van der Waals surface area contributed by atoms with Crippen LogP contribution in [-0.2, 0) is 27.3 Å². The second-order valence-corrected chi connectivity index (χ2v) is 9.91. The summed E-state index contributed by atoms with van der Waals surface area (Å²) in [5.74, 6) is -0.116. The summed E-state index contributed by atoms with van der Waals surface area (Å²) in [6.07, 6.45) is 0.0973. The summed E-state index contributed by atoms with van der Waals surface area (Å²) in [7, 11) is 1.60. The van der Waals surface area contributed by atoms with Crippen LogP contribution in [0.2, 0.25) is 10.0 Å². The van der Waals surface area contributed by atoms with E-state index in [1.54, 1.807) is 49.6 Å². The average Bonchev–Trinajstić information content (AvgIpc) is 3.22. The number of anilines is 1. The van der Waals surface area contributed by atoms with E-state index in [0.717, 1.165) is 16.9 Å². The molecule has 1 atom stereocenters. The first-order valence-corrected chi connectivity index (χ1v) is 12.2. The molecule has 5 rings (SSSR count). The normalized spacial score (nSPS) is 19.3. The average molecular weight is 512 g/mol. The van der Waals surface area contributed by atoms with Gasteiger partial charge in [0.2, 0.25) is 0 Å². The molecule has 3 aromatic rings. The number of rotatable bonds is 5. The van der Waals surface area contributed by atoms with Crippen LogP contribution in [0, 0.1) is 0 Å². The number of amides is 1. The van der Waals surface area contributed by atoms with Crippen LogP contribution >= 0.6 is 35.0 Å². The molecule has 0 aromatic heterocycles. The third-order valence-corrected chi connectivity index (χ3v) is 7.83. The second-order valence-electron chi connectivity index (χ2n) is 8.05. The van der Waals surface area contributed by atoms with Gasteiger partial charge in [-0.1, -0.05) is 47.5 Å². The fraction of sp³-hybridized carbons (Fsp3) is 0.154. The minimum absolute atomic E-state index is 0.0973. The lowest BCUT2D eigenvalue weighted by atomic mass is 9.89. The molecule has 172 valence electrons. The van der Waals surface area contributed by atoms with E-state index in [9.17, 15) is 14.7 Å². The number of hydrogen-bond donors (Lipinski definition) is 1. The minimum Gasteiger partial charge on any atom is -0.502 e. The number of ether oxygens (including phenoxy) is 1. The third kappa shape index (κ3) is 3.49. The fourth-order valence-electron chi connectivity index (χ4n) is 4.61. The summed E-state index contributed by atoms with van der Waals surface area (Å²) >= 11 is 13.7. The summed E-state index contributed by atoms with van der Waals surface area (Å²) in [6.45, 7) is 0. The highest BCUT2D eigenvalue weighted by Crippen LogP contribution is 2.55. The smallest absolute Gasteiger partial charge is 0.295 e. The van der Waals surface area contributed by atoms with E-state index in [2.05, 4.69) is 0 Å². The molecule has 0 fully saturated rings. The molecule has 0 saturated carbocycles. The van der Waals surface area contributed by atoms with Crippen LogP contribution in [0.4, 0.5) is 5.69 Å². The Hall–Kier alpha value is -2.93. The maximum Gasteiger partial charge on any atom is 0.295 e. The van der Waals surface area contributed by atoms with E-state index in [0.29, 0.717) is 32.0 Å². The molecule has 0 radical (unpaired) electrons. The van der Waals surface area contributed by atoms with E-state index >= 15 is 0 Å². The second kappa shape index (κ2) is 8.69. The molecular weight excluding hydrogens is 493 g/mol. The van der Waals surface area contributed by atoms with Gasteiger partial charge in [-0.25, -0.2) is 0 Å². The highest BCUT2D eigenvalue weighted by atomic mass is 35.5. The van der Waals surface area contributed by atoms with Gasteiger partial charge in [0.25, 0.3) is 5.91 Å². The Morgan fingerprint density at radius 1 is 1.03 bits per heavy atom. The van der Waals surface area contributed by atoms with Gasteiger partial charge in [-0.3, -0.25) is 14.5 Å². The highest BCUT2D eigenvalue weighted by molar-refractivity contribution is 8.02. The molecule has 5 nitrogen and oxygen atoms in total. The number of hydrogen-bond acceptors (Lipinski definition) is 5. The Kier molecular flexibility index (Phi) is 5.84. The Labute approximate surface area is 210 Å². The lowest BCUT2D eigenvalue weighted by Crippen LogP contribution is -2.49. The van der Waals surface area contributed by atoms with Gasteiger partial charge in [-0.2, -0.15) is 0 Å². The zero-order valence-corrected chi connectivity index (χ0v) is 20.4. The number of Topliss-reactive ketones (excluding diaryl/α,β-unsaturated/α-hetero) is 1. The number of methoxy groups -OCH3 is 1. The van der Waals surface area contributed by atoms with Gasteiger partial charge in [0.05, 0.1) is 12.0 Å². The number of fused-ring (bicyclic) bond motifs is 2. The van der Waals surface area contributed by atoms with Crippen molar-refractivity contribution < 1.29 is 19.4 Å². The Bertz CT molecular complexity index is 1360. The van der Waals surface area contributed by atoms with E-state index in [1.807, 2.05) is 24.3 Å². The maximum absolute atomic E-state index is 13.8. The largest absolute Gasteiger partial charge is 0.502 e. The molecule has 1 aliphatic heterocycles. The van der Waals surface area contributed by atoms with Crippen molar-refractivity contribution in [3.05, 3.63) is 104 Å². The Morgan fingerprint density at radius 3 is 2.47 bits per heavy atom. The van der Waals surface area contributed by atoms with E-state index in [4.69, 9.17) is 27.9 Å². The highest BCUT2D eigenvalue weighted by Gasteiger charge is 2.62. The monoisotopic (exact) mass is 511 g/mol. The van der Waals surface area contributed by atoms with Crippen LogP contribution < -0.4 is 9.64 Å². The third-order valence-electron chi connectivity index (χ3n) is 6.11. The topological polar surface area (TPSA) is 66.8 Å². The SMILES string of the molecule is COc1ccc(CSC2=C(O)C(=O)N(c3cccc(Cl)c3)C23C(=O)Cc2cc(Cl)ccc23)cc1. The summed E-state index contributed by atoms with van der Waals surface area (Å²) in [6, 6.07) is 19.4. The molecule has 1 amide bonds. The van der Waals surface area contributed by atoms with Crippen LogP contribution in [0.25, 0.3) is 0 Å². The van der Waals surface area contributed by atoms with Crippen molar-refractivity contribution in [2.75, 3.05) is 12.0 Å². The number of thioether (sulfide) groups is 1. The molecule has 0 saturated heterocycles. The number of nitrogens with zero attached hydrogens (tertiary/aromatic N) is 1. The molecule has 1 unspecified atom stereocenters. The Morgan fingerprint density at radius 2 is 1.76 bits per heavy atom. The van der Waals surface area contributed by atoms with Gasteiger partial charge in [-0.15, -0.1) is 11.8 Å². The number of carbonyl (C=O) groups is 2. The van der Waals surface area contributed by atoms with Gasteiger partial charge in [0.1, 0.15) is 5.75 Å². The zero-order valence-electron chi connectivity index (χ0n) is 18.0. The standard InChI is InChI=1S/C26H19Cl2NO4S/c1-33-20-8-5-15(6-9-20)14-34-24-23(31)25(32)29(19-4-2-3-17(27)13-19)26(24)21-10-7-18(28)11-16(21)12-22(26)30/h2-11,13,31H,12,14H2,1H3. The zero-order chi connectivity index (χ0) is 24.0. The molecule has 1 heterocycles. The summed E-state index contributed by atoms with van der Waals surface area (Å²) < 4.78 is 5.22. The maximum atomic E-state index is 13.8. The van der Waals surface area contributed by atoms with Crippen LogP contribution in [0.3, 0.4) is 0 Å². The van der Waals surface area contributed by atoms with Crippen molar-refractivity contribution in [3.8, 4) is 5.75 Å². The molecule has 3 aromatic carbocycles. The summed E-state index contributed by atoms with van der Waals surface area (Å²) in [4.78, 5) is 28.9. The molecule has 34 heavy (non-hydrogen) atoms. The van der Waals surface area contributed by atoms with Crippen LogP contribution in [0.15, 0.2) is 77.4 Å². The van der Waals surface area contributed by atoms with Crippen molar-refractivity contribution in [1.82, 2.24) is 0 Å². The quantitative estimate of drug-likeness (QED) is 0.450. The Balaban J connectivity index is 1.65. The number of aliphatic hydroxyl groups excluding tert-OH is 1. The van der Waals surface area contributed by atoms with Gasteiger partial charge >= 0.3 is 0 Å². The molecule has 1 aliphatic carbocycles. The number of ketones is 1. The predicted octanol–water partition coefficient (Wildman–Crippen LogP) is 6.07. The van der Waals surface area contributed by atoms with Crippen LogP contribution in [-0.4, -0.2) is 23.9 Å². The number of halogens is 2. The molecular formula is C26H19Cl2NO4S. The lowest BCUT2D eigenvalue weighted by molar-refractivity contribution is -0.124. The summed E-state index contributed by atoms with van der Waals surface area (Å²) in [5.41, 5.74) is 1.27. The van der Waals surface area contributed by atoms with Gasteiger partial charge in [0, 0.05) is 27.9 Å². The van der Waals surface area contributed by atoms with E-state index < -0.39 is 17.2 Å². The first kappa shape index (κ1) is 22.8. The number of carbonyl (C=O) groups excluding carboxylic acids is 2. The van der Waals surface area contributed by atoms with Crippen molar-refractivity contribution in [1.29, 1.82) is 0 Å². The van der Waals surface area contributed by atoms with Crippen LogP contribution in [0.1, 0.15) is 16.7 Å². The molecule has 1 N–H and O–H groups in total.